The van der Waals surface area contributed by atoms with Crippen molar-refractivity contribution >= 4 is 17.4 Å². The molecule has 7 N–H and O–H groups in total. The fourth-order valence-corrected chi connectivity index (χ4v) is 3.16. The van der Waals surface area contributed by atoms with E-state index in [4.69, 9.17) is 22.0 Å². The molecule has 1 aromatic heterocycles. The number of allylic oxidation sites excluding steroid dienone is 1. The Hall–Kier alpha value is -3.51. The van der Waals surface area contributed by atoms with Crippen molar-refractivity contribution in [2.75, 3.05) is 36.1 Å². The van der Waals surface area contributed by atoms with E-state index in [0.29, 0.717) is 42.5 Å². The fourth-order valence-electron chi connectivity index (χ4n) is 3.16. The number of rotatable bonds is 8. The number of benzene rings is 1. The number of hydrogen-bond acceptors (Lipinski definition) is 9. The summed E-state index contributed by atoms with van der Waals surface area (Å²) in [5.41, 5.74) is 12.5. The van der Waals surface area contributed by atoms with Gasteiger partial charge in [0.15, 0.2) is 5.82 Å². The molecule has 1 aliphatic rings. The summed E-state index contributed by atoms with van der Waals surface area (Å²) in [6.07, 6.45) is -2.56. The molecule has 2 heterocycles. The molecule has 0 aliphatic carbocycles. The molecule has 1 fully saturated rings. The molecule has 12 heteroatoms. The highest BCUT2D eigenvalue weighted by atomic mass is 19.3. The summed E-state index contributed by atoms with van der Waals surface area (Å²) in [5.74, 6) is 6.55. The maximum Gasteiger partial charge on any atom is 0.263 e. The average molecular weight is 448 g/mol. The van der Waals surface area contributed by atoms with E-state index in [0.717, 1.165) is 0 Å². The number of nitrogens with zero attached hydrogens (tertiary/aromatic N) is 4. The molecular formula is C20H26F2N8O2. The predicted molar refractivity (Wildman–Crippen MR) is 116 cm³/mol. The summed E-state index contributed by atoms with van der Waals surface area (Å²) in [5, 5.41) is 12.5. The first kappa shape index (κ1) is 23.2. The zero-order valence-corrected chi connectivity index (χ0v) is 17.5. The summed E-state index contributed by atoms with van der Waals surface area (Å²) in [6.45, 7) is 3.30. The van der Waals surface area contributed by atoms with Crippen LogP contribution in [0.3, 0.4) is 0 Å². The number of nitrogens with two attached hydrogens (primary N) is 3. The Morgan fingerprint density at radius 1 is 1.25 bits per heavy atom. The second kappa shape index (κ2) is 10.2. The number of hydrazine groups is 1. The number of nitrogens with one attached hydrogen (secondary N) is 1. The number of aromatic nitrogens is 2. The number of ether oxygens (including phenoxy) is 1. The summed E-state index contributed by atoms with van der Waals surface area (Å²) in [6, 6.07) is 8.48. The molecular weight excluding hydrogens is 422 g/mol. The highest BCUT2D eigenvalue weighted by Crippen LogP contribution is 2.24. The van der Waals surface area contributed by atoms with Gasteiger partial charge in [-0.25, -0.2) is 14.6 Å². The molecule has 0 radical (unpaired) electrons. The molecule has 1 aliphatic heterocycles. The molecule has 0 spiro atoms. The number of halogens is 2. The number of hydrogen-bond donors (Lipinski definition) is 4. The van der Waals surface area contributed by atoms with E-state index >= 15 is 0 Å². The maximum absolute atomic E-state index is 12.8. The number of amides is 1. The number of carbonyl (C=O) groups excluding carboxylic acids is 1. The number of piperazine rings is 1. The molecule has 3 rings (SSSR count). The van der Waals surface area contributed by atoms with Gasteiger partial charge in [-0.2, -0.15) is 0 Å². The molecule has 0 saturated carbocycles. The van der Waals surface area contributed by atoms with Crippen molar-refractivity contribution in [3.63, 3.8) is 0 Å². The van der Waals surface area contributed by atoms with E-state index in [1.54, 1.807) is 19.1 Å². The Balaban J connectivity index is 1.63. The summed E-state index contributed by atoms with van der Waals surface area (Å²) in [4.78, 5) is 13.3. The van der Waals surface area contributed by atoms with Crippen LogP contribution in [-0.4, -0.2) is 48.4 Å². The number of alkyl halides is 2. The Bertz CT molecular complexity index is 949. The van der Waals surface area contributed by atoms with Crippen molar-refractivity contribution in [1.29, 1.82) is 0 Å². The van der Waals surface area contributed by atoms with Crippen molar-refractivity contribution in [2.45, 2.75) is 19.4 Å². The van der Waals surface area contributed by atoms with E-state index in [2.05, 4.69) is 15.5 Å². The molecule has 2 aromatic rings. The first-order valence-corrected chi connectivity index (χ1v) is 9.88. The maximum atomic E-state index is 12.8. The molecule has 1 atom stereocenters. The van der Waals surface area contributed by atoms with Gasteiger partial charge in [-0.05, 0) is 25.1 Å². The Morgan fingerprint density at radius 2 is 1.97 bits per heavy atom. The lowest BCUT2D eigenvalue weighted by molar-refractivity contribution is -0.120. The summed E-state index contributed by atoms with van der Waals surface area (Å²) >= 11 is 0. The van der Waals surface area contributed by atoms with Crippen LogP contribution >= 0.6 is 0 Å². The summed E-state index contributed by atoms with van der Waals surface area (Å²) < 4.78 is 31.2. The van der Waals surface area contributed by atoms with Crippen molar-refractivity contribution < 1.29 is 18.3 Å². The first-order chi connectivity index (χ1) is 15.3. The van der Waals surface area contributed by atoms with Gasteiger partial charge in [0.05, 0.1) is 11.4 Å². The highest BCUT2D eigenvalue weighted by molar-refractivity contribution is 5.80. The SMILES string of the molecule is C/C(N)=C(\COc1ccc(N2CCNC(C(N)=O)C2)nn1)N(N)c1ccc(C(F)F)cc1. The number of carbonyl (C=O) groups is 1. The Labute approximate surface area is 184 Å². The monoisotopic (exact) mass is 448 g/mol. The Kier molecular flexibility index (Phi) is 7.38. The Morgan fingerprint density at radius 3 is 2.53 bits per heavy atom. The number of anilines is 2. The lowest BCUT2D eigenvalue weighted by atomic mass is 10.2. The van der Waals surface area contributed by atoms with Gasteiger partial charge in [0.25, 0.3) is 6.43 Å². The standard InChI is InChI=1S/C20H26F2N8O2/c1-12(23)16(30(25)14-4-2-13(3-5-14)19(21)22)11-32-18-7-6-17(27-28-18)29-9-8-26-15(10-29)20(24)31/h2-7,15,19,26H,8-11,23,25H2,1H3,(H2,24,31)/b16-12-. The minimum Gasteiger partial charge on any atom is -0.470 e. The van der Waals surface area contributed by atoms with Gasteiger partial charge in [-0.3, -0.25) is 9.80 Å². The minimum absolute atomic E-state index is 0.0131. The van der Waals surface area contributed by atoms with Crippen LogP contribution in [0.5, 0.6) is 5.88 Å². The highest BCUT2D eigenvalue weighted by Gasteiger charge is 2.24. The largest absolute Gasteiger partial charge is 0.470 e. The van der Waals surface area contributed by atoms with Crippen molar-refractivity contribution in [2.24, 2.45) is 17.3 Å². The van der Waals surface area contributed by atoms with Crippen LogP contribution in [0.4, 0.5) is 20.3 Å². The van der Waals surface area contributed by atoms with Crippen molar-refractivity contribution in [1.82, 2.24) is 15.5 Å². The van der Waals surface area contributed by atoms with Crippen LogP contribution in [0.15, 0.2) is 47.8 Å². The minimum atomic E-state index is -2.56. The van der Waals surface area contributed by atoms with Crippen LogP contribution in [0.1, 0.15) is 18.9 Å². The predicted octanol–water partition coefficient (Wildman–Crippen LogP) is 0.627. The zero-order valence-electron chi connectivity index (χ0n) is 17.5. The van der Waals surface area contributed by atoms with Crippen LogP contribution in [0.25, 0.3) is 0 Å². The zero-order chi connectivity index (χ0) is 23.3. The lowest BCUT2D eigenvalue weighted by Crippen LogP contribution is -2.56. The first-order valence-electron chi connectivity index (χ1n) is 9.88. The van der Waals surface area contributed by atoms with Gasteiger partial charge in [0, 0.05) is 37.0 Å². The van der Waals surface area contributed by atoms with Crippen molar-refractivity contribution in [3.05, 3.63) is 53.4 Å². The van der Waals surface area contributed by atoms with Gasteiger partial charge in [0.1, 0.15) is 12.6 Å². The quantitative estimate of drug-likeness (QED) is 0.337. The number of primary amides is 1. The lowest BCUT2D eigenvalue weighted by Gasteiger charge is -2.32. The molecule has 1 saturated heterocycles. The molecule has 1 amide bonds. The molecule has 1 unspecified atom stereocenters. The second-order valence-corrected chi connectivity index (χ2v) is 7.27. The van der Waals surface area contributed by atoms with Crippen LogP contribution in [-0.2, 0) is 4.79 Å². The third-order valence-corrected chi connectivity index (χ3v) is 4.99. The normalized spacial score (nSPS) is 17.2. The third-order valence-electron chi connectivity index (χ3n) is 4.99. The average Bonchev–Trinajstić information content (AvgIpc) is 2.79. The van der Waals surface area contributed by atoms with Crippen LogP contribution < -0.4 is 37.3 Å². The second-order valence-electron chi connectivity index (χ2n) is 7.27. The molecule has 1 aromatic carbocycles. The smallest absolute Gasteiger partial charge is 0.263 e. The van der Waals surface area contributed by atoms with Crippen molar-refractivity contribution in [3.8, 4) is 5.88 Å². The third kappa shape index (κ3) is 5.59. The summed E-state index contributed by atoms with van der Waals surface area (Å²) in [7, 11) is 0. The van der Waals surface area contributed by atoms with Gasteiger partial charge in [0.2, 0.25) is 11.8 Å². The van der Waals surface area contributed by atoms with E-state index in [9.17, 15) is 13.6 Å². The molecule has 10 nitrogen and oxygen atoms in total. The molecule has 0 bridgehead atoms. The van der Waals surface area contributed by atoms with Crippen LogP contribution in [0, 0.1) is 0 Å². The fraction of sp³-hybridized carbons (Fsp3) is 0.350. The van der Waals surface area contributed by atoms with E-state index in [1.807, 2.05) is 4.90 Å². The van der Waals surface area contributed by atoms with Gasteiger partial charge >= 0.3 is 0 Å². The van der Waals surface area contributed by atoms with Crippen LogP contribution in [0.2, 0.25) is 0 Å². The molecule has 32 heavy (non-hydrogen) atoms. The van der Waals surface area contributed by atoms with Gasteiger partial charge in [-0.1, -0.05) is 12.1 Å². The van der Waals surface area contributed by atoms with Gasteiger partial charge in [-0.15, -0.1) is 10.2 Å². The van der Waals surface area contributed by atoms with E-state index in [1.165, 1.54) is 29.3 Å². The topological polar surface area (TPSA) is 149 Å². The van der Waals surface area contributed by atoms with E-state index in [-0.39, 0.29) is 18.1 Å². The van der Waals surface area contributed by atoms with E-state index < -0.39 is 18.4 Å². The molecule has 172 valence electrons. The van der Waals surface area contributed by atoms with Gasteiger partial charge < -0.3 is 26.4 Å².